The number of halogens is 1. The molecule has 0 fully saturated rings. The van der Waals surface area contributed by atoms with Crippen LogP contribution in [0.5, 0.6) is 5.75 Å². The summed E-state index contributed by atoms with van der Waals surface area (Å²) in [6.45, 7) is 2.04. The van der Waals surface area contributed by atoms with Gasteiger partial charge in [-0.3, -0.25) is 0 Å². The first-order valence-electron chi connectivity index (χ1n) is 6.37. The minimum Gasteiger partial charge on any atom is -0.497 e. The topological polar surface area (TPSA) is 61.5 Å². The molecule has 0 amide bonds. The average molecular weight is 350 g/mol. The van der Waals surface area contributed by atoms with Crippen molar-refractivity contribution in [1.82, 2.24) is 0 Å². The number of hydrogen-bond acceptors (Lipinski definition) is 4. The SMILES string of the molecule is COc1ccc(Br)c(COC(=O)c2cc(C)ccc2N)c1. The normalized spacial score (nSPS) is 10.2. The lowest BCUT2D eigenvalue weighted by molar-refractivity contribution is 0.0473. The molecular weight excluding hydrogens is 334 g/mol. The van der Waals surface area contributed by atoms with E-state index in [1.54, 1.807) is 19.2 Å². The van der Waals surface area contributed by atoms with Gasteiger partial charge in [0.25, 0.3) is 0 Å². The molecule has 5 heteroatoms. The van der Waals surface area contributed by atoms with Crippen LogP contribution in [0.25, 0.3) is 0 Å². The standard InChI is InChI=1S/C16H16BrNO3/c1-10-3-6-15(18)13(7-10)16(19)21-9-11-8-12(20-2)4-5-14(11)17/h3-8H,9,18H2,1-2H3. The van der Waals surface area contributed by atoms with Crippen LogP contribution < -0.4 is 10.5 Å². The van der Waals surface area contributed by atoms with Crippen LogP contribution in [-0.2, 0) is 11.3 Å². The number of rotatable bonds is 4. The van der Waals surface area contributed by atoms with E-state index >= 15 is 0 Å². The summed E-state index contributed by atoms with van der Waals surface area (Å²) in [7, 11) is 1.59. The zero-order valence-electron chi connectivity index (χ0n) is 11.9. The van der Waals surface area contributed by atoms with Crippen LogP contribution in [-0.4, -0.2) is 13.1 Å². The van der Waals surface area contributed by atoms with Crippen LogP contribution in [0.15, 0.2) is 40.9 Å². The van der Waals surface area contributed by atoms with Gasteiger partial charge in [-0.05, 0) is 37.3 Å². The second kappa shape index (κ2) is 6.63. The van der Waals surface area contributed by atoms with Crippen molar-refractivity contribution in [1.29, 1.82) is 0 Å². The minimum absolute atomic E-state index is 0.143. The molecule has 0 unspecified atom stereocenters. The highest BCUT2D eigenvalue weighted by molar-refractivity contribution is 9.10. The third-order valence-corrected chi connectivity index (χ3v) is 3.81. The van der Waals surface area contributed by atoms with Crippen molar-refractivity contribution in [2.45, 2.75) is 13.5 Å². The Balaban J connectivity index is 2.12. The number of carbonyl (C=O) groups excluding carboxylic acids is 1. The van der Waals surface area contributed by atoms with Gasteiger partial charge in [-0.25, -0.2) is 4.79 Å². The van der Waals surface area contributed by atoms with Crippen molar-refractivity contribution in [3.63, 3.8) is 0 Å². The predicted molar refractivity (Wildman–Crippen MR) is 85.4 cm³/mol. The van der Waals surface area contributed by atoms with E-state index < -0.39 is 5.97 Å². The maximum atomic E-state index is 12.1. The summed E-state index contributed by atoms with van der Waals surface area (Å²) < 4.78 is 11.3. The van der Waals surface area contributed by atoms with E-state index in [2.05, 4.69) is 15.9 Å². The maximum Gasteiger partial charge on any atom is 0.340 e. The van der Waals surface area contributed by atoms with Gasteiger partial charge in [0, 0.05) is 15.7 Å². The van der Waals surface area contributed by atoms with Gasteiger partial charge in [0.2, 0.25) is 0 Å². The summed E-state index contributed by atoms with van der Waals surface area (Å²) in [6, 6.07) is 10.8. The number of hydrogen-bond donors (Lipinski definition) is 1. The zero-order valence-corrected chi connectivity index (χ0v) is 13.4. The van der Waals surface area contributed by atoms with Crippen molar-refractivity contribution >= 4 is 27.6 Å². The highest BCUT2D eigenvalue weighted by atomic mass is 79.9. The molecule has 0 radical (unpaired) electrons. The van der Waals surface area contributed by atoms with E-state index in [9.17, 15) is 4.79 Å². The maximum absolute atomic E-state index is 12.1. The molecule has 0 spiro atoms. The van der Waals surface area contributed by atoms with E-state index in [-0.39, 0.29) is 6.61 Å². The summed E-state index contributed by atoms with van der Waals surface area (Å²) in [4.78, 5) is 12.1. The molecule has 0 atom stereocenters. The lowest BCUT2D eigenvalue weighted by Crippen LogP contribution is -2.09. The summed E-state index contributed by atoms with van der Waals surface area (Å²) in [5, 5.41) is 0. The van der Waals surface area contributed by atoms with Crippen LogP contribution in [0.2, 0.25) is 0 Å². The highest BCUT2D eigenvalue weighted by Crippen LogP contribution is 2.24. The van der Waals surface area contributed by atoms with E-state index in [0.717, 1.165) is 15.6 Å². The number of nitrogen functional groups attached to an aromatic ring is 1. The quantitative estimate of drug-likeness (QED) is 0.675. The van der Waals surface area contributed by atoms with Gasteiger partial charge in [-0.1, -0.05) is 27.6 Å². The van der Waals surface area contributed by atoms with Crippen molar-refractivity contribution in [3.05, 3.63) is 57.6 Å². The Labute approximate surface area is 132 Å². The van der Waals surface area contributed by atoms with Gasteiger partial charge < -0.3 is 15.2 Å². The fourth-order valence-electron chi connectivity index (χ4n) is 1.86. The van der Waals surface area contributed by atoms with Gasteiger partial charge >= 0.3 is 5.97 Å². The summed E-state index contributed by atoms with van der Waals surface area (Å²) in [6.07, 6.45) is 0. The molecule has 0 aliphatic carbocycles. The van der Waals surface area contributed by atoms with E-state index in [1.165, 1.54) is 0 Å². The first kappa shape index (κ1) is 15.4. The van der Waals surface area contributed by atoms with Gasteiger partial charge in [0.1, 0.15) is 12.4 Å². The number of ether oxygens (including phenoxy) is 2. The lowest BCUT2D eigenvalue weighted by atomic mass is 10.1. The average Bonchev–Trinajstić information content (AvgIpc) is 2.48. The van der Waals surface area contributed by atoms with E-state index in [1.807, 2.05) is 31.2 Å². The Hall–Kier alpha value is -2.01. The van der Waals surface area contributed by atoms with Crippen LogP contribution in [0.1, 0.15) is 21.5 Å². The number of nitrogens with two attached hydrogens (primary N) is 1. The Kier molecular flexibility index (Phi) is 4.85. The zero-order chi connectivity index (χ0) is 15.4. The molecule has 0 aliphatic rings. The summed E-state index contributed by atoms with van der Waals surface area (Å²) in [5.74, 6) is 0.269. The van der Waals surface area contributed by atoms with Gasteiger partial charge in [0.15, 0.2) is 0 Å². The second-order valence-electron chi connectivity index (χ2n) is 4.62. The first-order valence-corrected chi connectivity index (χ1v) is 7.16. The second-order valence-corrected chi connectivity index (χ2v) is 5.48. The molecule has 0 bridgehead atoms. The third-order valence-electron chi connectivity index (χ3n) is 3.04. The number of carbonyl (C=O) groups is 1. The van der Waals surface area contributed by atoms with E-state index in [4.69, 9.17) is 15.2 Å². The number of methoxy groups -OCH3 is 1. The molecule has 2 rings (SSSR count). The van der Waals surface area contributed by atoms with Crippen LogP contribution in [0.4, 0.5) is 5.69 Å². The largest absolute Gasteiger partial charge is 0.497 e. The van der Waals surface area contributed by atoms with Gasteiger partial charge in [-0.2, -0.15) is 0 Å². The number of aryl methyl sites for hydroxylation is 1. The molecule has 0 aliphatic heterocycles. The Bertz CT molecular complexity index is 671. The third kappa shape index (κ3) is 3.76. The predicted octanol–water partition coefficient (Wildman–Crippen LogP) is 3.71. The lowest BCUT2D eigenvalue weighted by Gasteiger charge is -2.10. The molecule has 0 saturated carbocycles. The minimum atomic E-state index is -0.439. The smallest absolute Gasteiger partial charge is 0.340 e. The molecule has 110 valence electrons. The molecule has 0 aromatic heterocycles. The Morgan fingerprint density at radius 2 is 2.00 bits per heavy atom. The Morgan fingerprint density at radius 1 is 1.24 bits per heavy atom. The monoisotopic (exact) mass is 349 g/mol. The summed E-state index contributed by atoms with van der Waals surface area (Å²) in [5.41, 5.74) is 8.39. The molecule has 2 aromatic rings. The fourth-order valence-corrected chi connectivity index (χ4v) is 2.22. The fraction of sp³-hybridized carbons (Fsp3) is 0.188. The van der Waals surface area contributed by atoms with Gasteiger partial charge in [0.05, 0.1) is 12.7 Å². The number of esters is 1. The highest BCUT2D eigenvalue weighted by Gasteiger charge is 2.12. The van der Waals surface area contributed by atoms with Crippen molar-refractivity contribution in [3.8, 4) is 5.75 Å². The van der Waals surface area contributed by atoms with Crippen LogP contribution in [0, 0.1) is 6.92 Å². The number of anilines is 1. The van der Waals surface area contributed by atoms with Crippen molar-refractivity contribution in [2.24, 2.45) is 0 Å². The van der Waals surface area contributed by atoms with Gasteiger partial charge in [-0.15, -0.1) is 0 Å². The van der Waals surface area contributed by atoms with Crippen LogP contribution in [0.3, 0.4) is 0 Å². The molecule has 0 saturated heterocycles. The molecule has 21 heavy (non-hydrogen) atoms. The molecule has 2 aromatic carbocycles. The van der Waals surface area contributed by atoms with E-state index in [0.29, 0.717) is 17.0 Å². The van der Waals surface area contributed by atoms with Crippen LogP contribution >= 0.6 is 15.9 Å². The Morgan fingerprint density at radius 3 is 2.71 bits per heavy atom. The number of benzene rings is 2. The summed E-state index contributed by atoms with van der Waals surface area (Å²) >= 11 is 3.42. The molecule has 0 heterocycles. The molecule has 4 nitrogen and oxygen atoms in total. The first-order chi connectivity index (χ1) is 10.0. The molecule has 2 N–H and O–H groups in total. The molecular formula is C16H16BrNO3. The van der Waals surface area contributed by atoms with Crippen molar-refractivity contribution in [2.75, 3.05) is 12.8 Å². The van der Waals surface area contributed by atoms with Crippen molar-refractivity contribution < 1.29 is 14.3 Å².